The highest BCUT2D eigenvalue weighted by molar-refractivity contribution is 5.23. The molecule has 4 heteroatoms. The lowest BCUT2D eigenvalue weighted by molar-refractivity contribution is -0.147. The lowest BCUT2D eigenvalue weighted by Crippen LogP contribution is -2.48. The highest BCUT2D eigenvalue weighted by atomic mass is 19.1. The molecule has 3 rings (SSSR count). The van der Waals surface area contributed by atoms with Crippen LogP contribution in [0.2, 0.25) is 0 Å². The minimum atomic E-state index is -0.520. The zero-order valence-electron chi connectivity index (χ0n) is 12.5. The number of benzene rings is 1. The van der Waals surface area contributed by atoms with Gasteiger partial charge in [0.1, 0.15) is 11.6 Å². The summed E-state index contributed by atoms with van der Waals surface area (Å²) in [5.74, 6) is -0.622. The first-order valence-electron chi connectivity index (χ1n) is 7.96. The molecule has 2 fully saturated rings. The van der Waals surface area contributed by atoms with Crippen LogP contribution in [0.15, 0.2) is 18.2 Å². The van der Waals surface area contributed by atoms with Crippen molar-refractivity contribution in [2.24, 2.45) is 5.92 Å². The summed E-state index contributed by atoms with van der Waals surface area (Å²) in [6.07, 6.45) is 5.36. The van der Waals surface area contributed by atoms with Crippen LogP contribution in [0.4, 0.5) is 8.78 Å². The second-order valence-electron chi connectivity index (χ2n) is 6.34. The normalized spacial score (nSPS) is 25.6. The molecule has 1 aliphatic heterocycles. The third kappa shape index (κ3) is 2.97. The van der Waals surface area contributed by atoms with Gasteiger partial charge >= 0.3 is 0 Å². The van der Waals surface area contributed by atoms with E-state index >= 15 is 0 Å². The van der Waals surface area contributed by atoms with E-state index in [9.17, 15) is 8.78 Å². The minimum Gasteiger partial charge on any atom is -0.375 e. The van der Waals surface area contributed by atoms with Crippen molar-refractivity contribution in [3.05, 3.63) is 35.4 Å². The Bertz CT molecular complexity index is 502. The Morgan fingerprint density at radius 3 is 2.81 bits per heavy atom. The molecule has 1 aromatic rings. The number of hydrogen-bond acceptors (Lipinski definition) is 2. The van der Waals surface area contributed by atoms with Gasteiger partial charge in [-0.05, 0) is 50.6 Å². The summed E-state index contributed by atoms with van der Waals surface area (Å²) in [6.45, 7) is 3.54. The average Bonchev–Trinajstić information content (AvgIpc) is 2.44. The van der Waals surface area contributed by atoms with Crippen molar-refractivity contribution < 1.29 is 13.5 Å². The summed E-state index contributed by atoms with van der Waals surface area (Å²) in [4.78, 5) is 0. The van der Waals surface area contributed by atoms with Crippen molar-refractivity contribution in [3.8, 4) is 0 Å². The van der Waals surface area contributed by atoms with Crippen molar-refractivity contribution in [2.45, 2.75) is 50.7 Å². The van der Waals surface area contributed by atoms with Gasteiger partial charge in [-0.3, -0.25) is 0 Å². The molecule has 2 unspecified atom stereocenters. The lowest BCUT2D eigenvalue weighted by Gasteiger charge is -2.49. The standard InChI is InChI=1S/C17H23F2NO/c1-2-20-16(14-5-4-13(18)10-15(14)19)12-6-9-21-17(11-12)7-3-8-17/h4-5,10,12,16,20H,2-3,6-9,11H2,1H3. The summed E-state index contributed by atoms with van der Waals surface area (Å²) >= 11 is 0. The van der Waals surface area contributed by atoms with E-state index in [1.165, 1.54) is 12.5 Å². The van der Waals surface area contributed by atoms with Gasteiger partial charge in [-0.1, -0.05) is 13.0 Å². The summed E-state index contributed by atoms with van der Waals surface area (Å²) < 4.78 is 33.3. The van der Waals surface area contributed by atoms with Crippen LogP contribution in [0.1, 0.15) is 50.6 Å². The van der Waals surface area contributed by atoms with Crippen LogP contribution in [0.25, 0.3) is 0 Å². The van der Waals surface area contributed by atoms with Crippen molar-refractivity contribution in [1.82, 2.24) is 5.32 Å². The molecular weight excluding hydrogens is 272 g/mol. The van der Waals surface area contributed by atoms with E-state index in [0.29, 0.717) is 11.5 Å². The Morgan fingerprint density at radius 2 is 2.19 bits per heavy atom. The van der Waals surface area contributed by atoms with Gasteiger partial charge in [-0.25, -0.2) is 8.78 Å². The van der Waals surface area contributed by atoms with Crippen LogP contribution in [-0.4, -0.2) is 18.8 Å². The maximum atomic E-state index is 14.2. The maximum Gasteiger partial charge on any atom is 0.130 e. The summed E-state index contributed by atoms with van der Waals surface area (Å²) in [5, 5.41) is 3.40. The molecule has 2 aliphatic rings. The number of halogens is 2. The summed E-state index contributed by atoms with van der Waals surface area (Å²) in [7, 11) is 0. The molecule has 1 saturated heterocycles. The Kier molecular flexibility index (Phi) is 4.27. The topological polar surface area (TPSA) is 21.3 Å². The highest BCUT2D eigenvalue weighted by Crippen LogP contribution is 2.47. The van der Waals surface area contributed by atoms with Crippen LogP contribution in [0, 0.1) is 17.6 Å². The van der Waals surface area contributed by atoms with E-state index in [-0.39, 0.29) is 11.6 Å². The SMILES string of the molecule is CCNC(c1ccc(F)cc1F)C1CCOC2(CCC2)C1. The molecule has 0 bridgehead atoms. The zero-order chi connectivity index (χ0) is 14.9. The van der Waals surface area contributed by atoms with Crippen molar-refractivity contribution in [1.29, 1.82) is 0 Å². The fraction of sp³-hybridized carbons (Fsp3) is 0.647. The second-order valence-corrected chi connectivity index (χ2v) is 6.34. The van der Waals surface area contributed by atoms with E-state index < -0.39 is 11.6 Å². The highest BCUT2D eigenvalue weighted by Gasteiger charge is 2.44. The number of ether oxygens (including phenoxy) is 1. The smallest absolute Gasteiger partial charge is 0.130 e. The van der Waals surface area contributed by atoms with Crippen LogP contribution in [0.5, 0.6) is 0 Å². The van der Waals surface area contributed by atoms with E-state index in [0.717, 1.165) is 44.9 Å². The Hall–Kier alpha value is -1.00. The fourth-order valence-corrected chi connectivity index (χ4v) is 3.77. The molecule has 0 amide bonds. The third-order valence-corrected chi connectivity index (χ3v) is 4.99. The Labute approximate surface area is 124 Å². The van der Waals surface area contributed by atoms with Crippen molar-refractivity contribution in [3.63, 3.8) is 0 Å². The second kappa shape index (κ2) is 6.01. The summed E-state index contributed by atoms with van der Waals surface area (Å²) in [6, 6.07) is 3.86. The molecule has 2 atom stereocenters. The predicted molar refractivity (Wildman–Crippen MR) is 78.0 cm³/mol. The lowest BCUT2D eigenvalue weighted by atomic mass is 9.69. The number of nitrogens with one attached hydrogen (secondary N) is 1. The molecule has 21 heavy (non-hydrogen) atoms. The first kappa shape index (κ1) is 14.9. The molecule has 1 saturated carbocycles. The molecule has 116 valence electrons. The van der Waals surface area contributed by atoms with Gasteiger partial charge in [-0.2, -0.15) is 0 Å². The molecule has 1 aromatic carbocycles. The first-order chi connectivity index (χ1) is 10.1. The third-order valence-electron chi connectivity index (χ3n) is 4.99. The van der Waals surface area contributed by atoms with E-state index in [2.05, 4.69) is 5.32 Å². The molecule has 2 nitrogen and oxygen atoms in total. The molecule has 1 heterocycles. The number of rotatable bonds is 4. The Morgan fingerprint density at radius 1 is 1.38 bits per heavy atom. The summed E-state index contributed by atoms with van der Waals surface area (Å²) in [5.41, 5.74) is 0.618. The van der Waals surface area contributed by atoms with Gasteiger partial charge in [0.15, 0.2) is 0 Å². The molecule has 1 spiro atoms. The van der Waals surface area contributed by atoms with Crippen molar-refractivity contribution >= 4 is 0 Å². The maximum absolute atomic E-state index is 14.2. The van der Waals surface area contributed by atoms with Gasteiger partial charge in [0.05, 0.1) is 5.60 Å². The molecule has 1 aliphatic carbocycles. The van der Waals surface area contributed by atoms with E-state index in [1.807, 2.05) is 6.92 Å². The quantitative estimate of drug-likeness (QED) is 0.907. The molecule has 0 radical (unpaired) electrons. The molecule has 1 N–H and O–H groups in total. The predicted octanol–water partition coefficient (Wildman–Crippen LogP) is 3.96. The molecule has 0 aromatic heterocycles. The van der Waals surface area contributed by atoms with Crippen LogP contribution in [-0.2, 0) is 4.74 Å². The van der Waals surface area contributed by atoms with Crippen molar-refractivity contribution in [2.75, 3.05) is 13.2 Å². The van der Waals surface area contributed by atoms with E-state index in [4.69, 9.17) is 4.74 Å². The molecular formula is C17H23F2NO. The van der Waals surface area contributed by atoms with E-state index in [1.54, 1.807) is 6.07 Å². The van der Waals surface area contributed by atoms with Crippen LogP contribution >= 0.6 is 0 Å². The largest absolute Gasteiger partial charge is 0.375 e. The minimum absolute atomic E-state index is 0.0348. The van der Waals surface area contributed by atoms with Gasteiger partial charge in [0.2, 0.25) is 0 Å². The van der Waals surface area contributed by atoms with Crippen LogP contribution < -0.4 is 5.32 Å². The first-order valence-corrected chi connectivity index (χ1v) is 7.96. The average molecular weight is 295 g/mol. The van der Waals surface area contributed by atoms with Gasteiger partial charge in [0, 0.05) is 24.3 Å². The van der Waals surface area contributed by atoms with Gasteiger partial charge < -0.3 is 10.1 Å². The van der Waals surface area contributed by atoms with Crippen LogP contribution in [0.3, 0.4) is 0 Å². The number of hydrogen-bond donors (Lipinski definition) is 1. The monoisotopic (exact) mass is 295 g/mol. The van der Waals surface area contributed by atoms with Gasteiger partial charge in [-0.15, -0.1) is 0 Å². The fourth-order valence-electron chi connectivity index (χ4n) is 3.77. The Balaban J connectivity index is 1.83. The van der Waals surface area contributed by atoms with Gasteiger partial charge in [0.25, 0.3) is 0 Å². The zero-order valence-corrected chi connectivity index (χ0v) is 12.5.